The molecule has 30 heavy (non-hydrogen) atoms. The van der Waals surface area contributed by atoms with Gasteiger partial charge in [-0.1, -0.05) is 29.8 Å². The number of nitrogens with one attached hydrogen (secondary N) is 2. The largest absolute Gasteiger partial charge is 0.495 e. The van der Waals surface area contributed by atoms with Crippen LogP contribution in [0.25, 0.3) is 0 Å². The van der Waals surface area contributed by atoms with Crippen molar-refractivity contribution in [2.75, 3.05) is 12.4 Å². The Morgan fingerprint density at radius 2 is 2.03 bits per heavy atom. The molecule has 1 unspecified atom stereocenters. The van der Waals surface area contributed by atoms with Gasteiger partial charge in [0.15, 0.2) is 5.66 Å². The maximum absolute atomic E-state index is 6.70. The fraction of sp³-hybridized carbons (Fsp3) is 0.182. The van der Waals surface area contributed by atoms with E-state index in [-0.39, 0.29) is 0 Å². The molecule has 0 saturated heterocycles. The molecule has 154 valence electrons. The first kappa shape index (κ1) is 20.0. The van der Waals surface area contributed by atoms with E-state index in [1.54, 1.807) is 19.4 Å². The van der Waals surface area contributed by atoms with Crippen LogP contribution in [-0.4, -0.2) is 22.8 Å². The summed E-state index contributed by atoms with van der Waals surface area (Å²) >= 11 is 6.16. The minimum atomic E-state index is -1.04. The average molecular weight is 423 g/mol. The summed E-state index contributed by atoms with van der Waals surface area (Å²) < 4.78 is 7.22. The maximum atomic E-state index is 6.70. The van der Waals surface area contributed by atoms with Crippen LogP contribution in [-0.2, 0) is 12.2 Å². The first-order valence-electron chi connectivity index (χ1n) is 9.48. The molecule has 2 aromatic carbocycles. The van der Waals surface area contributed by atoms with Gasteiger partial charge in [0.25, 0.3) is 0 Å². The predicted octanol–water partition coefficient (Wildman–Crippen LogP) is 3.68. The molecular weight excluding hydrogens is 400 g/mol. The van der Waals surface area contributed by atoms with E-state index < -0.39 is 5.66 Å². The highest BCUT2D eigenvalue weighted by molar-refractivity contribution is 6.32. The summed E-state index contributed by atoms with van der Waals surface area (Å²) in [5.74, 6) is 1.11. The molecule has 1 aliphatic rings. The number of nitrogens with zero attached hydrogens (tertiary/aromatic N) is 3. The third-order valence-corrected chi connectivity index (χ3v) is 5.34. The number of hydrogen-bond acceptors (Lipinski definition) is 6. The Morgan fingerprint density at radius 3 is 2.73 bits per heavy atom. The van der Waals surface area contributed by atoms with Gasteiger partial charge in [-0.05, 0) is 48.4 Å². The highest BCUT2D eigenvalue weighted by Crippen LogP contribution is 2.35. The topological polar surface area (TPSA) is 89.5 Å². The number of halogens is 1. The summed E-state index contributed by atoms with van der Waals surface area (Å²) in [5, 5.41) is 11.2. The Morgan fingerprint density at radius 1 is 1.23 bits per heavy atom. The summed E-state index contributed by atoms with van der Waals surface area (Å²) in [7, 11) is 1.57. The van der Waals surface area contributed by atoms with Crippen molar-refractivity contribution in [3.63, 3.8) is 0 Å². The van der Waals surface area contributed by atoms with Gasteiger partial charge in [0, 0.05) is 29.8 Å². The highest BCUT2D eigenvalue weighted by atomic mass is 35.5. The standard InChI is InChI=1S/C22H23ClN6O/c1-15-13-25-21(28-22(15,24)17-6-9-19(23)20(12-17)30-2)27-18-7-4-16(5-8-18)14-29-11-3-10-26-29/h3-13H,14,24H2,1-2H3,(H2,25,27,28). The molecule has 0 spiro atoms. The van der Waals surface area contributed by atoms with E-state index in [0.717, 1.165) is 28.9 Å². The van der Waals surface area contributed by atoms with Crippen LogP contribution < -0.4 is 21.1 Å². The molecule has 1 atom stereocenters. The van der Waals surface area contributed by atoms with Gasteiger partial charge < -0.3 is 15.4 Å². The molecule has 0 radical (unpaired) electrons. The van der Waals surface area contributed by atoms with Gasteiger partial charge >= 0.3 is 0 Å². The molecule has 1 aliphatic heterocycles. The fourth-order valence-corrected chi connectivity index (χ4v) is 3.44. The Kier molecular flexibility index (Phi) is 5.48. The summed E-state index contributed by atoms with van der Waals surface area (Å²) in [4.78, 5) is 4.74. The number of methoxy groups -OCH3 is 1. The molecule has 0 fully saturated rings. The van der Waals surface area contributed by atoms with Crippen molar-refractivity contribution < 1.29 is 4.74 Å². The average Bonchev–Trinajstić information content (AvgIpc) is 3.25. The molecule has 4 rings (SSSR count). The predicted molar refractivity (Wildman–Crippen MR) is 120 cm³/mol. The van der Waals surface area contributed by atoms with Crippen LogP contribution in [0, 0.1) is 0 Å². The summed E-state index contributed by atoms with van der Waals surface area (Å²) in [5.41, 5.74) is 9.36. The van der Waals surface area contributed by atoms with Gasteiger partial charge in [-0.3, -0.25) is 10.4 Å². The lowest BCUT2D eigenvalue weighted by Gasteiger charge is -2.32. The monoisotopic (exact) mass is 422 g/mol. The number of benzene rings is 2. The van der Waals surface area contributed by atoms with Crippen molar-refractivity contribution in [2.24, 2.45) is 10.7 Å². The molecule has 1 aromatic heterocycles. The van der Waals surface area contributed by atoms with E-state index >= 15 is 0 Å². The summed E-state index contributed by atoms with van der Waals surface area (Å²) in [6, 6.07) is 15.4. The second-order valence-corrected chi connectivity index (χ2v) is 7.48. The number of anilines is 1. The normalized spacial score (nSPS) is 18.3. The second-order valence-electron chi connectivity index (χ2n) is 7.07. The number of aliphatic imine (C=N–C) groups is 1. The SMILES string of the molecule is COc1cc(C2(N)N=C(Nc3ccc(Cn4cccn4)cc3)NC=C2C)ccc1Cl. The number of aromatic nitrogens is 2. The van der Waals surface area contributed by atoms with Crippen molar-refractivity contribution in [3.8, 4) is 5.75 Å². The zero-order valence-corrected chi connectivity index (χ0v) is 17.5. The van der Waals surface area contributed by atoms with Crippen LogP contribution >= 0.6 is 11.6 Å². The Bertz CT molecular complexity index is 1090. The summed E-state index contributed by atoms with van der Waals surface area (Å²) in [6.07, 6.45) is 5.56. The van der Waals surface area contributed by atoms with Crippen molar-refractivity contribution in [3.05, 3.63) is 88.8 Å². The zero-order valence-electron chi connectivity index (χ0n) is 16.8. The van der Waals surface area contributed by atoms with E-state index in [2.05, 4.69) is 15.7 Å². The first-order valence-corrected chi connectivity index (χ1v) is 9.85. The fourth-order valence-electron chi connectivity index (χ4n) is 3.25. The third-order valence-electron chi connectivity index (χ3n) is 5.03. The van der Waals surface area contributed by atoms with E-state index in [0.29, 0.717) is 16.7 Å². The van der Waals surface area contributed by atoms with Crippen LogP contribution in [0.4, 0.5) is 5.69 Å². The van der Waals surface area contributed by atoms with Crippen LogP contribution in [0.3, 0.4) is 0 Å². The van der Waals surface area contributed by atoms with E-state index in [1.165, 1.54) is 0 Å². The van der Waals surface area contributed by atoms with Gasteiger partial charge in [-0.2, -0.15) is 5.10 Å². The molecular formula is C22H23ClN6O. The summed E-state index contributed by atoms with van der Waals surface area (Å²) in [6.45, 7) is 2.65. The van der Waals surface area contributed by atoms with Crippen molar-refractivity contribution >= 4 is 23.2 Å². The minimum absolute atomic E-state index is 0.526. The van der Waals surface area contributed by atoms with Gasteiger partial charge in [0.1, 0.15) is 5.75 Å². The van der Waals surface area contributed by atoms with Gasteiger partial charge in [-0.15, -0.1) is 0 Å². The smallest absolute Gasteiger partial charge is 0.202 e. The van der Waals surface area contributed by atoms with Crippen LogP contribution in [0.2, 0.25) is 5.02 Å². The third kappa shape index (κ3) is 4.03. The molecule has 0 amide bonds. The highest BCUT2D eigenvalue weighted by Gasteiger charge is 2.33. The number of rotatable bonds is 5. The lowest BCUT2D eigenvalue weighted by atomic mass is 9.93. The van der Waals surface area contributed by atoms with Gasteiger partial charge in [-0.25, -0.2) is 4.99 Å². The van der Waals surface area contributed by atoms with Crippen LogP contribution in [0.1, 0.15) is 18.1 Å². The Labute approximate surface area is 180 Å². The Hall–Kier alpha value is -3.29. The first-order chi connectivity index (χ1) is 14.5. The number of hydrogen-bond donors (Lipinski definition) is 3. The van der Waals surface area contributed by atoms with Gasteiger partial charge in [0.2, 0.25) is 5.96 Å². The molecule has 0 aliphatic carbocycles. The lowest BCUT2D eigenvalue weighted by Crippen LogP contribution is -2.44. The maximum Gasteiger partial charge on any atom is 0.202 e. The minimum Gasteiger partial charge on any atom is -0.495 e. The van der Waals surface area contributed by atoms with E-state index in [9.17, 15) is 0 Å². The molecule has 3 aromatic rings. The molecule has 8 heteroatoms. The van der Waals surface area contributed by atoms with Gasteiger partial charge in [0.05, 0.1) is 18.7 Å². The Balaban J connectivity index is 1.54. The molecule has 7 nitrogen and oxygen atoms in total. The number of ether oxygens (including phenoxy) is 1. The molecule has 0 bridgehead atoms. The lowest BCUT2D eigenvalue weighted by molar-refractivity contribution is 0.412. The van der Waals surface area contributed by atoms with E-state index in [1.807, 2.05) is 66.5 Å². The second kappa shape index (κ2) is 8.22. The molecule has 4 N–H and O–H groups in total. The van der Waals surface area contributed by atoms with E-state index in [4.69, 9.17) is 27.1 Å². The van der Waals surface area contributed by atoms with Crippen LogP contribution in [0.5, 0.6) is 5.75 Å². The van der Waals surface area contributed by atoms with Crippen molar-refractivity contribution in [1.82, 2.24) is 15.1 Å². The molecule has 0 saturated carbocycles. The number of guanidine groups is 1. The quantitative estimate of drug-likeness (QED) is 0.583. The zero-order chi connectivity index (χ0) is 21.1. The van der Waals surface area contributed by atoms with Crippen molar-refractivity contribution in [1.29, 1.82) is 0 Å². The molecule has 2 heterocycles. The van der Waals surface area contributed by atoms with Crippen molar-refractivity contribution in [2.45, 2.75) is 19.1 Å². The number of nitrogens with two attached hydrogens (primary N) is 1. The van der Waals surface area contributed by atoms with Crippen LogP contribution in [0.15, 0.2) is 77.7 Å².